The molecule has 0 atom stereocenters. The van der Waals surface area contributed by atoms with E-state index in [0.717, 1.165) is 16.2 Å². The maximum absolute atomic E-state index is 11.9. The third-order valence-electron chi connectivity index (χ3n) is 3.18. The van der Waals surface area contributed by atoms with E-state index in [1.807, 2.05) is 31.2 Å². The van der Waals surface area contributed by atoms with Crippen molar-refractivity contribution in [2.24, 2.45) is 0 Å². The number of nitrogens with zero attached hydrogens (tertiary/aromatic N) is 3. The molecule has 26 heavy (non-hydrogen) atoms. The summed E-state index contributed by atoms with van der Waals surface area (Å²) in [7, 11) is 0. The molecule has 0 radical (unpaired) electrons. The first-order valence-corrected chi connectivity index (χ1v) is 8.88. The van der Waals surface area contributed by atoms with Crippen LogP contribution >= 0.6 is 11.8 Å². The second-order valence-electron chi connectivity index (χ2n) is 5.03. The zero-order valence-electron chi connectivity index (χ0n) is 14.0. The highest BCUT2D eigenvalue weighted by Gasteiger charge is 2.09. The minimum Gasteiger partial charge on any atom is -0.494 e. The van der Waals surface area contributed by atoms with Crippen molar-refractivity contribution in [2.75, 3.05) is 17.8 Å². The zero-order valence-corrected chi connectivity index (χ0v) is 14.8. The lowest BCUT2D eigenvalue weighted by Crippen LogP contribution is -2.30. The van der Waals surface area contributed by atoms with Crippen molar-refractivity contribution < 1.29 is 14.1 Å². The molecule has 1 amide bonds. The average Bonchev–Trinajstić information content (AvgIpc) is 3.16. The van der Waals surface area contributed by atoms with Crippen LogP contribution in [0.1, 0.15) is 6.92 Å². The van der Waals surface area contributed by atoms with Gasteiger partial charge in [0, 0.05) is 22.9 Å². The Bertz CT molecular complexity index is 839. The first-order valence-electron chi connectivity index (χ1n) is 7.89. The van der Waals surface area contributed by atoms with Crippen molar-refractivity contribution in [2.45, 2.75) is 11.8 Å². The van der Waals surface area contributed by atoms with Crippen molar-refractivity contribution in [3.63, 3.8) is 0 Å². The van der Waals surface area contributed by atoms with Gasteiger partial charge < -0.3 is 9.26 Å². The number of benzene rings is 1. The SMILES string of the molecule is CCOc1ccc(SCC(=O)NNc2nc(-c3ccncc3)no2)cc1. The summed E-state index contributed by atoms with van der Waals surface area (Å²) in [4.78, 5) is 21.0. The smallest absolute Gasteiger partial charge is 0.340 e. The Labute approximate surface area is 154 Å². The number of aromatic nitrogens is 3. The molecule has 0 saturated heterocycles. The van der Waals surface area contributed by atoms with Gasteiger partial charge in [-0.2, -0.15) is 4.98 Å². The van der Waals surface area contributed by atoms with Crippen LogP contribution in [0.15, 0.2) is 58.2 Å². The number of rotatable bonds is 8. The van der Waals surface area contributed by atoms with Gasteiger partial charge in [0.05, 0.1) is 12.4 Å². The second-order valence-corrected chi connectivity index (χ2v) is 6.07. The largest absolute Gasteiger partial charge is 0.494 e. The van der Waals surface area contributed by atoms with E-state index in [0.29, 0.717) is 12.4 Å². The van der Waals surface area contributed by atoms with Crippen LogP contribution in [0.2, 0.25) is 0 Å². The molecule has 0 bridgehead atoms. The minimum absolute atomic E-state index is 0.108. The van der Waals surface area contributed by atoms with Gasteiger partial charge >= 0.3 is 6.01 Å². The molecule has 0 fully saturated rings. The molecule has 2 N–H and O–H groups in total. The number of ether oxygens (including phenoxy) is 1. The molecule has 3 rings (SSSR count). The Morgan fingerprint density at radius 3 is 2.69 bits per heavy atom. The molecule has 0 aliphatic carbocycles. The van der Waals surface area contributed by atoms with E-state index in [1.165, 1.54) is 11.8 Å². The van der Waals surface area contributed by atoms with Gasteiger partial charge in [0.1, 0.15) is 5.75 Å². The number of hydrazine groups is 1. The molecule has 2 heterocycles. The minimum atomic E-state index is -0.215. The Morgan fingerprint density at radius 1 is 1.19 bits per heavy atom. The summed E-state index contributed by atoms with van der Waals surface area (Å²) in [5.41, 5.74) is 5.90. The maximum Gasteiger partial charge on any atom is 0.340 e. The average molecular weight is 371 g/mol. The number of thioether (sulfide) groups is 1. The van der Waals surface area contributed by atoms with Gasteiger partial charge in [0.15, 0.2) is 0 Å². The van der Waals surface area contributed by atoms with Crippen LogP contribution in [0.4, 0.5) is 6.01 Å². The first kappa shape index (κ1) is 17.7. The number of pyridine rings is 1. The highest BCUT2D eigenvalue weighted by molar-refractivity contribution is 8.00. The summed E-state index contributed by atoms with van der Waals surface area (Å²) in [6.07, 6.45) is 3.28. The van der Waals surface area contributed by atoms with E-state index in [9.17, 15) is 4.79 Å². The van der Waals surface area contributed by atoms with E-state index in [-0.39, 0.29) is 17.7 Å². The molecular weight excluding hydrogens is 354 g/mol. The van der Waals surface area contributed by atoms with Crippen molar-refractivity contribution >= 4 is 23.7 Å². The summed E-state index contributed by atoms with van der Waals surface area (Å²) >= 11 is 1.41. The summed E-state index contributed by atoms with van der Waals surface area (Å²) < 4.78 is 10.4. The normalized spacial score (nSPS) is 10.3. The van der Waals surface area contributed by atoms with E-state index in [2.05, 4.69) is 26.0 Å². The third-order valence-corrected chi connectivity index (χ3v) is 4.19. The number of nitrogens with one attached hydrogen (secondary N) is 2. The lowest BCUT2D eigenvalue weighted by molar-refractivity contribution is -0.118. The van der Waals surface area contributed by atoms with E-state index in [4.69, 9.17) is 9.26 Å². The number of carbonyl (C=O) groups excluding carboxylic acids is 1. The Morgan fingerprint density at radius 2 is 1.96 bits per heavy atom. The van der Waals surface area contributed by atoms with Crippen LogP contribution in [0.3, 0.4) is 0 Å². The quantitative estimate of drug-likeness (QED) is 0.460. The van der Waals surface area contributed by atoms with Crippen LogP contribution in [0, 0.1) is 0 Å². The van der Waals surface area contributed by atoms with Crippen LogP contribution in [0.25, 0.3) is 11.4 Å². The molecule has 0 saturated carbocycles. The summed E-state index contributed by atoms with van der Waals surface area (Å²) in [6.45, 7) is 2.56. The molecule has 9 heteroatoms. The van der Waals surface area contributed by atoms with Gasteiger partial charge in [-0.05, 0) is 43.3 Å². The number of hydrogen-bond acceptors (Lipinski definition) is 8. The molecular formula is C17H17N5O3S. The van der Waals surface area contributed by atoms with Gasteiger partial charge in [0.2, 0.25) is 11.7 Å². The van der Waals surface area contributed by atoms with Crippen LogP contribution in [-0.4, -0.2) is 33.4 Å². The number of amides is 1. The highest BCUT2D eigenvalue weighted by atomic mass is 32.2. The molecule has 0 spiro atoms. The number of carbonyl (C=O) groups is 1. The monoisotopic (exact) mass is 371 g/mol. The van der Waals surface area contributed by atoms with Crippen molar-refractivity contribution in [3.8, 4) is 17.1 Å². The molecule has 2 aromatic heterocycles. The van der Waals surface area contributed by atoms with Gasteiger partial charge in [-0.25, -0.2) is 5.43 Å². The molecule has 134 valence electrons. The number of anilines is 1. The Hall–Kier alpha value is -3.07. The Kier molecular flexibility index (Phi) is 6.05. The molecule has 0 unspecified atom stereocenters. The van der Waals surface area contributed by atoms with Crippen LogP contribution in [-0.2, 0) is 4.79 Å². The van der Waals surface area contributed by atoms with Crippen molar-refractivity contribution in [1.82, 2.24) is 20.6 Å². The highest BCUT2D eigenvalue weighted by Crippen LogP contribution is 2.21. The van der Waals surface area contributed by atoms with Crippen LogP contribution in [0.5, 0.6) is 5.75 Å². The lowest BCUT2D eigenvalue weighted by atomic mass is 10.3. The Balaban J connectivity index is 1.45. The van der Waals surface area contributed by atoms with Crippen molar-refractivity contribution in [3.05, 3.63) is 48.8 Å². The summed E-state index contributed by atoms with van der Waals surface area (Å²) in [5.74, 6) is 1.25. The van der Waals surface area contributed by atoms with Gasteiger partial charge in [0.25, 0.3) is 0 Å². The van der Waals surface area contributed by atoms with Gasteiger partial charge in [-0.15, -0.1) is 11.8 Å². The molecule has 3 aromatic rings. The van der Waals surface area contributed by atoms with Gasteiger partial charge in [-0.3, -0.25) is 15.2 Å². The fourth-order valence-electron chi connectivity index (χ4n) is 2.00. The van der Waals surface area contributed by atoms with E-state index in [1.54, 1.807) is 24.5 Å². The maximum atomic E-state index is 11.9. The standard InChI is InChI=1S/C17H17N5O3S/c1-2-24-13-3-5-14(6-4-13)26-11-15(23)20-21-17-19-16(22-25-17)12-7-9-18-10-8-12/h3-10H,2,11H2,1H3,(H,20,23)(H,19,21,22). The van der Waals surface area contributed by atoms with Gasteiger partial charge in [-0.1, -0.05) is 5.16 Å². The second kappa shape index (κ2) is 8.86. The third kappa shape index (κ3) is 4.96. The number of hydrogen-bond donors (Lipinski definition) is 2. The van der Waals surface area contributed by atoms with E-state index < -0.39 is 0 Å². The fraction of sp³-hybridized carbons (Fsp3) is 0.176. The summed E-state index contributed by atoms with van der Waals surface area (Å²) in [5, 5.41) is 3.84. The van der Waals surface area contributed by atoms with Crippen LogP contribution < -0.4 is 15.6 Å². The van der Waals surface area contributed by atoms with Crippen molar-refractivity contribution in [1.29, 1.82) is 0 Å². The molecule has 0 aliphatic rings. The predicted octanol–water partition coefficient (Wildman–Crippen LogP) is 2.77. The zero-order chi connectivity index (χ0) is 18.2. The topological polar surface area (TPSA) is 102 Å². The lowest BCUT2D eigenvalue weighted by Gasteiger charge is -2.06. The van der Waals surface area contributed by atoms with E-state index >= 15 is 0 Å². The molecule has 0 aliphatic heterocycles. The summed E-state index contributed by atoms with van der Waals surface area (Å²) in [6, 6.07) is 11.2. The predicted molar refractivity (Wildman–Crippen MR) is 97.6 cm³/mol. The fourth-order valence-corrected chi connectivity index (χ4v) is 2.70. The molecule has 8 nitrogen and oxygen atoms in total. The first-order chi connectivity index (χ1) is 12.7. The molecule has 1 aromatic carbocycles.